The standard InChI is InChI=1S/C25H27NO3/c1-18-12-13-23(26(18)15-14-22-16-21(27)17-24(28)29-22)25(19-8-4-2-5-9-19)20-10-6-3-7-11-20/h2-13,21-22,25,27H,14-17H2,1H3/t21-,22-/m0/s1. The van der Waals surface area contributed by atoms with E-state index in [-0.39, 0.29) is 24.4 Å². The molecule has 1 saturated heterocycles. The minimum Gasteiger partial charge on any atom is -0.462 e. The minimum atomic E-state index is -0.590. The fourth-order valence-corrected chi connectivity index (χ4v) is 4.28. The van der Waals surface area contributed by atoms with Gasteiger partial charge in [-0.25, -0.2) is 0 Å². The lowest BCUT2D eigenvalue weighted by atomic mass is 9.88. The van der Waals surface area contributed by atoms with Gasteiger partial charge in [0.15, 0.2) is 0 Å². The van der Waals surface area contributed by atoms with Crippen LogP contribution in [-0.4, -0.2) is 27.9 Å². The Balaban J connectivity index is 1.64. The second-order valence-electron chi connectivity index (χ2n) is 7.80. The SMILES string of the molecule is Cc1ccc(C(c2ccccc2)c2ccccc2)n1CC[C@H]1C[C@H](O)CC(=O)O1. The van der Waals surface area contributed by atoms with Crippen molar-refractivity contribution in [2.24, 2.45) is 0 Å². The van der Waals surface area contributed by atoms with Crippen LogP contribution in [-0.2, 0) is 16.1 Å². The molecule has 2 heterocycles. The molecule has 0 aliphatic carbocycles. The number of carbonyl (C=O) groups is 1. The molecule has 1 N–H and O–H groups in total. The molecular formula is C25H27NO3. The fraction of sp³-hybridized carbons (Fsp3) is 0.320. The minimum absolute atomic E-state index is 0.106. The zero-order valence-electron chi connectivity index (χ0n) is 16.7. The third-order valence-corrected chi connectivity index (χ3v) is 5.70. The summed E-state index contributed by atoms with van der Waals surface area (Å²) in [6.07, 6.45) is 0.499. The predicted octanol–water partition coefficient (Wildman–Crippen LogP) is 4.43. The highest BCUT2D eigenvalue weighted by Gasteiger charge is 2.28. The lowest BCUT2D eigenvalue weighted by molar-refractivity contribution is -0.160. The fourth-order valence-electron chi connectivity index (χ4n) is 4.28. The molecule has 1 aliphatic rings. The quantitative estimate of drug-likeness (QED) is 0.635. The first kappa shape index (κ1) is 19.5. The van der Waals surface area contributed by atoms with Crippen LogP contribution in [0.3, 0.4) is 0 Å². The van der Waals surface area contributed by atoms with Crippen molar-refractivity contribution in [3.8, 4) is 0 Å². The number of aromatic nitrogens is 1. The van der Waals surface area contributed by atoms with Crippen molar-refractivity contribution in [1.29, 1.82) is 0 Å². The van der Waals surface area contributed by atoms with Crippen LogP contribution in [0.25, 0.3) is 0 Å². The van der Waals surface area contributed by atoms with E-state index in [1.165, 1.54) is 22.5 Å². The topological polar surface area (TPSA) is 51.5 Å². The molecule has 1 aromatic heterocycles. The van der Waals surface area contributed by atoms with Gasteiger partial charge in [0.25, 0.3) is 0 Å². The molecule has 4 rings (SSSR count). The monoisotopic (exact) mass is 389 g/mol. The maximum absolute atomic E-state index is 11.7. The number of hydrogen-bond donors (Lipinski definition) is 1. The Kier molecular flexibility index (Phi) is 5.81. The van der Waals surface area contributed by atoms with Crippen molar-refractivity contribution in [3.63, 3.8) is 0 Å². The van der Waals surface area contributed by atoms with Gasteiger partial charge in [0.2, 0.25) is 0 Å². The molecule has 4 nitrogen and oxygen atoms in total. The number of carbonyl (C=O) groups excluding carboxylic acids is 1. The molecule has 4 heteroatoms. The van der Waals surface area contributed by atoms with Gasteiger partial charge in [-0.1, -0.05) is 60.7 Å². The van der Waals surface area contributed by atoms with Gasteiger partial charge in [-0.3, -0.25) is 4.79 Å². The number of aryl methyl sites for hydroxylation is 1. The summed E-state index contributed by atoms with van der Waals surface area (Å²) in [5, 5.41) is 9.89. The summed E-state index contributed by atoms with van der Waals surface area (Å²) in [5.74, 6) is -0.171. The number of aliphatic hydroxyl groups excluding tert-OH is 1. The van der Waals surface area contributed by atoms with Crippen LogP contribution in [0.5, 0.6) is 0 Å². The normalized spacial score (nSPS) is 19.3. The van der Waals surface area contributed by atoms with E-state index in [1.807, 2.05) is 12.1 Å². The van der Waals surface area contributed by atoms with Crippen molar-refractivity contribution in [1.82, 2.24) is 4.57 Å². The van der Waals surface area contributed by atoms with Crippen LogP contribution in [0.2, 0.25) is 0 Å². The summed E-state index contributed by atoms with van der Waals surface area (Å²) in [6, 6.07) is 25.4. The Hall–Kier alpha value is -2.85. The highest BCUT2D eigenvalue weighted by Crippen LogP contribution is 2.33. The van der Waals surface area contributed by atoms with Crippen LogP contribution in [0.1, 0.15) is 47.7 Å². The molecule has 150 valence electrons. The molecule has 0 unspecified atom stereocenters. The van der Waals surface area contributed by atoms with Gasteiger partial charge in [0, 0.05) is 36.7 Å². The number of hydrogen-bond acceptors (Lipinski definition) is 3. The van der Waals surface area contributed by atoms with Gasteiger partial charge in [-0.2, -0.15) is 0 Å². The smallest absolute Gasteiger partial charge is 0.308 e. The number of rotatable bonds is 6. The number of esters is 1. The Bertz CT molecular complexity index is 909. The molecule has 29 heavy (non-hydrogen) atoms. The lowest BCUT2D eigenvalue weighted by Crippen LogP contribution is -2.33. The van der Waals surface area contributed by atoms with Crippen LogP contribution in [0, 0.1) is 6.92 Å². The first-order valence-corrected chi connectivity index (χ1v) is 10.3. The van der Waals surface area contributed by atoms with E-state index in [1.54, 1.807) is 0 Å². The number of cyclic esters (lactones) is 1. The highest BCUT2D eigenvalue weighted by atomic mass is 16.5. The zero-order valence-corrected chi connectivity index (χ0v) is 16.7. The summed E-state index contributed by atoms with van der Waals surface area (Å²) in [7, 11) is 0. The Labute approximate surface area is 171 Å². The van der Waals surface area contributed by atoms with Gasteiger partial charge in [-0.15, -0.1) is 0 Å². The molecule has 2 atom stereocenters. The number of aliphatic hydroxyl groups is 1. The summed E-state index contributed by atoms with van der Waals surface area (Å²) in [6.45, 7) is 2.85. The van der Waals surface area contributed by atoms with E-state index >= 15 is 0 Å². The molecule has 1 aliphatic heterocycles. The van der Waals surface area contributed by atoms with Crippen molar-refractivity contribution < 1.29 is 14.6 Å². The highest BCUT2D eigenvalue weighted by molar-refractivity contribution is 5.70. The van der Waals surface area contributed by atoms with Crippen molar-refractivity contribution >= 4 is 5.97 Å². The van der Waals surface area contributed by atoms with Crippen LogP contribution in [0.4, 0.5) is 0 Å². The average molecular weight is 389 g/mol. The van der Waals surface area contributed by atoms with Gasteiger partial charge in [-0.05, 0) is 30.2 Å². The molecule has 0 radical (unpaired) electrons. The van der Waals surface area contributed by atoms with Gasteiger partial charge in [0.05, 0.1) is 12.5 Å². The first-order valence-electron chi connectivity index (χ1n) is 10.3. The summed E-state index contributed by atoms with van der Waals surface area (Å²) < 4.78 is 7.77. The molecule has 3 aromatic rings. The van der Waals surface area contributed by atoms with Gasteiger partial charge >= 0.3 is 5.97 Å². The number of benzene rings is 2. The molecule has 2 aromatic carbocycles. The predicted molar refractivity (Wildman–Crippen MR) is 113 cm³/mol. The third-order valence-electron chi connectivity index (χ3n) is 5.70. The Morgan fingerprint density at radius 2 is 1.62 bits per heavy atom. The van der Waals surface area contributed by atoms with Gasteiger partial charge < -0.3 is 14.4 Å². The number of nitrogens with zero attached hydrogens (tertiary/aromatic N) is 1. The molecule has 0 spiro atoms. The van der Waals surface area contributed by atoms with Crippen molar-refractivity contribution in [2.75, 3.05) is 0 Å². The van der Waals surface area contributed by atoms with Crippen molar-refractivity contribution in [3.05, 3.63) is 95.3 Å². The molecule has 0 amide bonds. The lowest BCUT2D eigenvalue weighted by Gasteiger charge is -2.27. The van der Waals surface area contributed by atoms with E-state index in [4.69, 9.17) is 4.74 Å². The van der Waals surface area contributed by atoms with E-state index in [2.05, 4.69) is 72.2 Å². The zero-order chi connectivity index (χ0) is 20.2. The summed E-state index contributed by atoms with van der Waals surface area (Å²) in [5.41, 5.74) is 4.90. The molecule has 0 saturated carbocycles. The maximum atomic E-state index is 11.7. The van der Waals surface area contributed by atoms with E-state index in [0.29, 0.717) is 12.8 Å². The Morgan fingerprint density at radius 3 is 2.21 bits per heavy atom. The van der Waals surface area contributed by atoms with Crippen molar-refractivity contribution in [2.45, 2.75) is 50.9 Å². The second kappa shape index (κ2) is 8.66. The van der Waals surface area contributed by atoms with E-state index < -0.39 is 6.10 Å². The van der Waals surface area contributed by atoms with Crippen LogP contribution >= 0.6 is 0 Å². The summed E-state index contributed by atoms with van der Waals surface area (Å²) >= 11 is 0. The van der Waals surface area contributed by atoms with E-state index in [0.717, 1.165) is 6.54 Å². The summed E-state index contributed by atoms with van der Waals surface area (Å²) in [4.78, 5) is 11.7. The van der Waals surface area contributed by atoms with E-state index in [9.17, 15) is 9.90 Å². The molecular weight excluding hydrogens is 362 g/mol. The van der Waals surface area contributed by atoms with Gasteiger partial charge in [0.1, 0.15) is 6.10 Å². The molecule has 0 bridgehead atoms. The number of ether oxygens (including phenoxy) is 1. The molecule has 1 fully saturated rings. The Morgan fingerprint density at radius 1 is 1.00 bits per heavy atom. The largest absolute Gasteiger partial charge is 0.462 e. The second-order valence-corrected chi connectivity index (χ2v) is 7.80. The van der Waals surface area contributed by atoms with Crippen LogP contribution < -0.4 is 0 Å². The van der Waals surface area contributed by atoms with Crippen LogP contribution in [0.15, 0.2) is 72.8 Å². The third kappa shape index (κ3) is 4.43. The first-order chi connectivity index (χ1) is 14.1. The average Bonchev–Trinajstić information content (AvgIpc) is 3.08. The maximum Gasteiger partial charge on any atom is 0.308 e.